The summed E-state index contributed by atoms with van der Waals surface area (Å²) < 4.78 is 27.8. The fraction of sp³-hybridized carbons (Fsp3) is 0.571. The highest BCUT2D eigenvalue weighted by molar-refractivity contribution is 6.00. The van der Waals surface area contributed by atoms with Crippen LogP contribution in [-0.4, -0.2) is 103 Å². The van der Waals surface area contributed by atoms with E-state index in [0.29, 0.717) is 50.0 Å². The Balaban J connectivity index is 1.29. The maximum atomic E-state index is 13.5. The molecule has 4 aliphatic rings. The lowest BCUT2D eigenvalue weighted by molar-refractivity contribution is -0.0114. The van der Waals surface area contributed by atoms with Crippen LogP contribution in [0.1, 0.15) is 72.4 Å². The number of aliphatic hydroxyl groups excluding tert-OH is 1. The van der Waals surface area contributed by atoms with Gasteiger partial charge in [-0.15, -0.1) is 0 Å². The molecule has 0 aliphatic carbocycles. The van der Waals surface area contributed by atoms with Crippen molar-refractivity contribution in [3.8, 4) is 11.5 Å². The van der Waals surface area contributed by atoms with Crippen LogP contribution in [0.2, 0.25) is 0 Å². The molecule has 4 atom stereocenters. The van der Waals surface area contributed by atoms with E-state index in [1.54, 1.807) is 39.0 Å². The van der Waals surface area contributed by atoms with Gasteiger partial charge in [-0.3, -0.25) is 14.5 Å². The number of aliphatic hydroxyl groups is 1. The molecule has 12 heteroatoms. The van der Waals surface area contributed by atoms with E-state index in [0.717, 1.165) is 24.0 Å². The molecule has 3 saturated heterocycles. The van der Waals surface area contributed by atoms with Gasteiger partial charge in [-0.05, 0) is 94.3 Å². The molecule has 2 bridgehead atoms. The number of carbonyl (C=O) groups is 3. The van der Waals surface area contributed by atoms with Gasteiger partial charge in [-0.2, -0.15) is 0 Å². The molecular formula is C35H47N3O9. The maximum Gasteiger partial charge on any atom is 0.410 e. The van der Waals surface area contributed by atoms with Crippen molar-refractivity contribution in [3.05, 3.63) is 58.7 Å². The van der Waals surface area contributed by atoms with Gasteiger partial charge in [0.15, 0.2) is 6.79 Å². The maximum absolute atomic E-state index is 13.5. The van der Waals surface area contributed by atoms with Gasteiger partial charge in [-0.1, -0.05) is 6.07 Å². The van der Waals surface area contributed by atoms with Gasteiger partial charge in [0.25, 0.3) is 11.8 Å². The van der Waals surface area contributed by atoms with Crippen molar-refractivity contribution in [1.29, 1.82) is 0 Å². The molecule has 4 heterocycles. The number of ether oxygens (including phenoxy) is 5. The molecule has 47 heavy (non-hydrogen) atoms. The number of fused-ring (bicyclic) bond motifs is 5. The van der Waals surface area contributed by atoms with Crippen molar-refractivity contribution in [3.63, 3.8) is 0 Å². The summed E-state index contributed by atoms with van der Waals surface area (Å²) in [5.41, 5.74) is 1.77. The molecule has 2 aromatic rings. The van der Waals surface area contributed by atoms with Crippen molar-refractivity contribution >= 4 is 17.9 Å². The van der Waals surface area contributed by atoms with Crippen LogP contribution in [0.4, 0.5) is 4.79 Å². The Morgan fingerprint density at radius 1 is 1.04 bits per heavy atom. The van der Waals surface area contributed by atoms with E-state index in [4.69, 9.17) is 23.7 Å². The second-order valence-electron chi connectivity index (χ2n) is 13.4. The monoisotopic (exact) mass is 653 g/mol. The first-order valence-corrected chi connectivity index (χ1v) is 16.3. The lowest BCUT2D eigenvalue weighted by Gasteiger charge is -2.40. The van der Waals surface area contributed by atoms with E-state index in [-0.39, 0.29) is 43.1 Å². The van der Waals surface area contributed by atoms with E-state index >= 15 is 0 Å². The summed E-state index contributed by atoms with van der Waals surface area (Å²) in [7, 11) is 1.54. The van der Waals surface area contributed by atoms with Crippen LogP contribution < -0.4 is 14.8 Å². The van der Waals surface area contributed by atoms with Gasteiger partial charge in [0.1, 0.15) is 17.1 Å². The summed E-state index contributed by atoms with van der Waals surface area (Å²) >= 11 is 0. The zero-order valence-corrected chi connectivity index (χ0v) is 28.0. The molecule has 4 aliphatic heterocycles. The van der Waals surface area contributed by atoms with E-state index in [1.807, 2.05) is 30.0 Å². The summed E-state index contributed by atoms with van der Waals surface area (Å²) in [6.07, 6.45) is 0.642. The molecule has 2 aromatic carbocycles. The summed E-state index contributed by atoms with van der Waals surface area (Å²) in [6.45, 7) is 9.47. The summed E-state index contributed by atoms with van der Waals surface area (Å²) in [5, 5.41) is 14.2. The number of hydrogen-bond acceptors (Lipinski definition) is 9. The number of amides is 3. The molecular weight excluding hydrogens is 606 g/mol. The Labute approximate surface area is 276 Å². The highest BCUT2D eigenvalue weighted by atomic mass is 16.7. The first-order valence-electron chi connectivity index (χ1n) is 16.3. The first-order chi connectivity index (χ1) is 22.5. The zero-order chi connectivity index (χ0) is 33.7. The highest BCUT2D eigenvalue weighted by Crippen LogP contribution is 2.31. The van der Waals surface area contributed by atoms with Crippen molar-refractivity contribution in [2.24, 2.45) is 5.92 Å². The molecule has 6 rings (SSSR count). The van der Waals surface area contributed by atoms with Crippen LogP contribution in [-0.2, 0) is 27.2 Å². The van der Waals surface area contributed by atoms with Crippen LogP contribution in [0, 0.1) is 5.92 Å². The predicted octanol–water partition coefficient (Wildman–Crippen LogP) is 3.77. The number of methoxy groups -OCH3 is 1. The molecule has 256 valence electrons. The molecule has 0 saturated carbocycles. The molecule has 0 spiro atoms. The van der Waals surface area contributed by atoms with Crippen LogP contribution in [0.15, 0.2) is 36.4 Å². The Bertz CT molecular complexity index is 1440. The quantitative estimate of drug-likeness (QED) is 0.368. The van der Waals surface area contributed by atoms with E-state index in [9.17, 15) is 19.5 Å². The zero-order valence-electron chi connectivity index (χ0n) is 28.0. The summed E-state index contributed by atoms with van der Waals surface area (Å²) in [4.78, 5) is 43.7. The fourth-order valence-corrected chi connectivity index (χ4v) is 6.41. The third-order valence-electron chi connectivity index (χ3n) is 8.74. The predicted molar refractivity (Wildman–Crippen MR) is 173 cm³/mol. The number of nitrogens with one attached hydrogen (secondary N) is 1. The van der Waals surface area contributed by atoms with Crippen molar-refractivity contribution in [2.75, 3.05) is 46.8 Å². The Kier molecular flexibility index (Phi) is 10.9. The molecule has 0 radical (unpaired) electrons. The van der Waals surface area contributed by atoms with Gasteiger partial charge in [-0.25, -0.2) is 4.79 Å². The average Bonchev–Trinajstić information content (AvgIpc) is 3.40. The van der Waals surface area contributed by atoms with E-state index in [1.165, 1.54) is 12.0 Å². The van der Waals surface area contributed by atoms with Crippen LogP contribution in [0.5, 0.6) is 11.5 Å². The van der Waals surface area contributed by atoms with Gasteiger partial charge >= 0.3 is 6.09 Å². The number of carbonyl (C=O) groups excluding carboxylic acids is 3. The van der Waals surface area contributed by atoms with Crippen molar-refractivity contribution in [1.82, 2.24) is 15.1 Å². The average molecular weight is 654 g/mol. The smallest absolute Gasteiger partial charge is 0.410 e. The fourth-order valence-electron chi connectivity index (χ4n) is 6.41. The second kappa shape index (κ2) is 14.9. The minimum absolute atomic E-state index is 0.0410. The van der Waals surface area contributed by atoms with E-state index < -0.39 is 29.7 Å². The lowest BCUT2D eigenvalue weighted by Crippen LogP contribution is -2.54. The second-order valence-corrected chi connectivity index (χ2v) is 13.4. The first kappa shape index (κ1) is 34.5. The lowest BCUT2D eigenvalue weighted by atomic mass is 9.91. The molecule has 2 unspecified atom stereocenters. The van der Waals surface area contributed by atoms with Crippen molar-refractivity contribution in [2.45, 2.75) is 77.3 Å². The minimum atomic E-state index is -1.11. The number of piperidine rings is 1. The number of hydrogen-bond donors (Lipinski definition) is 2. The van der Waals surface area contributed by atoms with Gasteiger partial charge in [0.2, 0.25) is 0 Å². The molecule has 0 aromatic heterocycles. The highest BCUT2D eigenvalue weighted by Gasteiger charge is 2.38. The largest absolute Gasteiger partial charge is 0.493 e. The molecule has 3 fully saturated rings. The summed E-state index contributed by atoms with van der Waals surface area (Å²) in [6, 6.07) is 9.80. The van der Waals surface area contributed by atoms with Gasteiger partial charge < -0.3 is 39.0 Å². The molecule has 3 amide bonds. The Morgan fingerprint density at radius 2 is 1.85 bits per heavy atom. The number of benzene rings is 2. The Hall–Kier alpha value is -3.87. The molecule has 12 nitrogen and oxygen atoms in total. The van der Waals surface area contributed by atoms with Crippen molar-refractivity contribution < 1.29 is 43.2 Å². The van der Waals surface area contributed by atoms with Gasteiger partial charge in [0.05, 0.1) is 43.6 Å². The van der Waals surface area contributed by atoms with Gasteiger partial charge in [0, 0.05) is 32.3 Å². The number of nitrogens with zero attached hydrogens (tertiary/aromatic N) is 2. The Morgan fingerprint density at radius 3 is 2.60 bits per heavy atom. The number of rotatable bonds is 10. The SMILES string of the molecule is CCOc1cc(C(=O)N2CC3CCC2COC3)ccc1C(=O)NC[C@@H](O)[C@@H]1Cc2ccc(OCOC)cc2CN1C(=O)OC(C)(C)C. The summed E-state index contributed by atoms with van der Waals surface area (Å²) in [5.74, 6) is 0.651. The third-order valence-corrected chi connectivity index (χ3v) is 8.74. The van der Waals surface area contributed by atoms with E-state index in [2.05, 4.69) is 5.32 Å². The topological polar surface area (TPSA) is 136 Å². The van der Waals surface area contributed by atoms with Crippen LogP contribution >= 0.6 is 0 Å². The normalized spacial score (nSPS) is 21.4. The minimum Gasteiger partial charge on any atom is -0.493 e. The molecule has 2 N–H and O–H groups in total. The van der Waals surface area contributed by atoms with Crippen LogP contribution in [0.3, 0.4) is 0 Å². The standard InChI is InChI=1S/C35H47N3O9/c1-6-45-31-15-24(33(41)37-17-22-7-10-26(37)20-44-19-22)9-12-28(31)32(40)36-16-30(39)29-14-23-8-11-27(46-21-43-5)13-25(23)18-38(29)34(42)47-35(2,3)4/h8-9,11-13,15,22,26,29-30,39H,6-7,10,14,16-21H2,1-5H3,(H,36,40)/t22?,26?,29-,30+/m0/s1. The third kappa shape index (κ3) is 8.35. The van der Waals surface area contributed by atoms with Crippen LogP contribution in [0.25, 0.3) is 0 Å².